The molecule has 23 heavy (non-hydrogen) atoms. The van der Waals surface area contributed by atoms with E-state index < -0.39 is 0 Å². The Morgan fingerprint density at radius 3 is 2.35 bits per heavy atom. The maximum atomic E-state index is 6.00. The van der Waals surface area contributed by atoms with E-state index in [-0.39, 0.29) is 0 Å². The van der Waals surface area contributed by atoms with E-state index in [1.807, 2.05) is 30.3 Å². The van der Waals surface area contributed by atoms with Gasteiger partial charge in [0, 0.05) is 48.5 Å². The van der Waals surface area contributed by atoms with Crippen LogP contribution >= 0.6 is 23.2 Å². The molecule has 0 amide bonds. The molecule has 0 aliphatic heterocycles. The number of aliphatic imine (C=N–C) groups is 1. The first-order valence-electron chi connectivity index (χ1n) is 7.47. The molecule has 0 unspecified atom stereocenters. The lowest BCUT2D eigenvalue weighted by Gasteiger charge is -2.12. The van der Waals surface area contributed by atoms with Crippen LogP contribution in [0.5, 0.6) is 0 Å². The van der Waals surface area contributed by atoms with Crippen LogP contribution in [0.4, 0.5) is 0 Å². The Balaban J connectivity index is 1.72. The Morgan fingerprint density at radius 2 is 1.74 bits per heavy atom. The minimum absolute atomic E-state index is 0.658. The van der Waals surface area contributed by atoms with Crippen LogP contribution in [-0.2, 0) is 12.8 Å². The van der Waals surface area contributed by atoms with Gasteiger partial charge in [-0.15, -0.1) is 0 Å². The van der Waals surface area contributed by atoms with E-state index in [2.05, 4.69) is 20.6 Å². The Hall–Kier alpha value is -1.78. The summed E-state index contributed by atoms with van der Waals surface area (Å²) in [4.78, 5) is 8.50. The van der Waals surface area contributed by atoms with E-state index in [0.29, 0.717) is 10.0 Å². The number of aromatic nitrogens is 1. The number of nitrogens with zero attached hydrogens (tertiary/aromatic N) is 2. The van der Waals surface area contributed by atoms with Crippen LogP contribution in [0.25, 0.3) is 0 Å². The largest absolute Gasteiger partial charge is 0.356 e. The number of halogens is 2. The zero-order valence-electron chi connectivity index (χ0n) is 13.0. The third kappa shape index (κ3) is 6.47. The quantitative estimate of drug-likeness (QED) is 0.620. The number of pyridine rings is 1. The fourth-order valence-electron chi connectivity index (χ4n) is 2.16. The van der Waals surface area contributed by atoms with Gasteiger partial charge in [0.25, 0.3) is 0 Å². The van der Waals surface area contributed by atoms with Crippen molar-refractivity contribution in [1.82, 2.24) is 15.6 Å². The van der Waals surface area contributed by atoms with Crippen LogP contribution < -0.4 is 10.6 Å². The molecule has 0 fully saturated rings. The van der Waals surface area contributed by atoms with Crippen molar-refractivity contribution in [3.05, 3.63) is 63.9 Å². The van der Waals surface area contributed by atoms with Gasteiger partial charge in [-0.3, -0.25) is 9.98 Å². The van der Waals surface area contributed by atoms with Gasteiger partial charge in [-0.2, -0.15) is 0 Å². The number of hydrogen-bond donors (Lipinski definition) is 2. The summed E-state index contributed by atoms with van der Waals surface area (Å²) < 4.78 is 0. The molecule has 0 aliphatic carbocycles. The highest BCUT2D eigenvalue weighted by Crippen LogP contribution is 2.19. The van der Waals surface area contributed by atoms with Gasteiger partial charge in [0.2, 0.25) is 0 Å². The highest BCUT2D eigenvalue weighted by molar-refractivity contribution is 6.34. The fourth-order valence-corrected chi connectivity index (χ4v) is 2.73. The van der Waals surface area contributed by atoms with Crippen LogP contribution in [-0.4, -0.2) is 31.1 Å². The Kier molecular flexibility index (Phi) is 7.17. The first-order valence-corrected chi connectivity index (χ1v) is 8.22. The van der Waals surface area contributed by atoms with Crippen molar-refractivity contribution in [1.29, 1.82) is 0 Å². The maximum absolute atomic E-state index is 6.00. The van der Waals surface area contributed by atoms with E-state index in [1.165, 1.54) is 0 Å². The number of guanidine groups is 1. The zero-order chi connectivity index (χ0) is 16.5. The van der Waals surface area contributed by atoms with Crippen molar-refractivity contribution in [2.24, 2.45) is 4.99 Å². The van der Waals surface area contributed by atoms with Gasteiger partial charge in [-0.05, 0) is 42.3 Å². The second-order valence-corrected chi connectivity index (χ2v) is 5.90. The smallest absolute Gasteiger partial charge is 0.190 e. The summed E-state index contributed by atoms with van der Waals surface area (Å²) in [5.41, 5.74) is 2.16. The second-order valence-electron chi connectivity index (χ2n) is 5.02. The standard InChI is InChI=1S/C17H20Cl2N4/c1-20-17(23-9-6-16-4-2-3-7-21-16)22-8-5-13-10-14(18)12-15(19)11-13/h2-4,7,10-12H,5-6,8-9H2,1H3,(H2,20,22,23). The minimum atomic E-state index is 0.658. The summed E-state index contributed by atoms with van der Waals surface area (Å²) in [6.07, 6.45) is 3.48. The summed E-state index contributed by atoms with van der Waals surface area (Å²) in [7, 11) is 1.76. The van der Waals surface area contributed by atoms with Gasteiger partial charge in [0.15, 0.2) is 5.96 Å². The lowest BCUT2D eigenvalue weighted by atomic mass is 10.1. The lowest BCUT2D eigenvalue weighted by molar-refractivity contribution is 0.776. The van der Waals surface area contributed by atoms with Crippen molar-refractivity contribution in [2.75, 3.05) is 20.1 Å². The molecule has 6 heteroatoms. The topological polar surface area (TPSA) is 49.3 Å². The molecule has 0 saturated heterocycles. The molecule has 1 heterocycles. The molecular weight excluding hydrogens is 331 g/mol. The molecule has 0 aliphatic rings. The normalized spacial score (nSPS) is 11.3. The molecule has 2 aromatic rings. The Bertz CT molecular complexity index is 624. The van der Waals surface area contributed by atoms with E-state index >= 15 is 0 Å². The Morgan fingerprint density at radius 1 is 1.04 bits per heavy atom. The molecule has 0 spiro atoms. The van der Waals surface area contributed by atoms with Crippen LogP contribution in [0.3, 0.4) is 0 Å². The van der Waals surface area contributed by atoms with Crippen LogP contribution in [0, 0.1) is 0 Å². The fraction of sp³-hybridized carbons (Fsp3) is 0.294. The van der Waals surface area contributed by atoms with Gasteiger partial charge in [-0.1, -0.05) is 29.3 Å². The molecule has 0 radical (unpaired) electrons. The summed E-state index contributed by atoms with van der Waals surface area (Å²) in [5.74, 6) is 0.772. The van der Waals surface area contributed by atoms with Crippen molar-refractivity contribution in [2.45, 2.75) is 12.8 Å². The molecule has 1 aromatic heterocycles. The summed E-state index contributed by atoms with van der Waals surface area (Å²) in [6.45, 7) is 1.53. The predicted octanol–water partition coefficient (Wildman–Crippen LogP) is 3.34. The highest BCUT2D eigenvalue weighted by Gasteiger charge is 2.01. The van der Waals surface area contributed by atoms with Gasteiger partial charge in [-0.25, -0.2) is 0 Å². The second kappa shape index (κ2) is 9.38. The van der Waals surface area contributed by atoms with E-state index in [4.69, 9.17) is 23.2 Å². The molecule has 1 aromatic carbocycles. The summed E-state index contributed by atoms with van der Waals surface area (Å²) in [6, 6.07) is 11.5. The van der Waals surface area contributed by atoms with E-state index in [9.17, 15) is 0 Å². The molecular formula is C17H20Cl2N4. The highest BCUT2D eigenvalue weighted by atomic mass is 35.5. The molecule has 4 nitrogen and oxygen atoms in total. The Labute approximate surface area is 146 Å². The third-order valence-electron chi connectivity index (χ3n) is 3.25. The summed E-state index contributed by atoms with van der Waals surface area (Å²) >= 11 is 12.0. The predicted molar refractivity (Wildman–Crippen MR) is 97.5 cm³/mol. The monoisotopic (exact) mass is 350 g/mol. The van der Waals surface area contributed by atoms with E-state index in [0.717, 1.165) is 43.1 Å². The van der Waals surface area contributed by atoms with Gasteiger partial charge < -0.3 is 10.6 Å². The van der Waals surface area contributed by atoms with E-state index in [1.54, 1.807) is 19.3 Å². The van der Waals surface area contributed by atoms with Crippen molar-refractivity contribution >= 4 is 29.2 Å². The average Bonchev–Trinajstić information content (AvgIpc) is 2.53. The molecule has 2 rings (SSSR count). The van der Waals surface area contributed by atoms with Gasteiger partial charge >= 0.3 is 0 Å². The lowest BCUT2D eigenvalue weighted by Crippen LogP contribution is -2.39. The summed E-state index contributed by atoms with van der Waals surface area (Å²) in [5, 5.41) is 7.86. The minimum Gasteiger partial charge on any atom is -0.356 e. The molecule has 0 saturated carbocycles. The molecule has 122 valence electrons. The number of benzene rings is 1. The molecule has 2 N–H and O–H groups in total. The zero-order valence-corrected chi connectivity index (χ0v) is 14.5. The van der Waals surface area contributed by atoms with Crippen LogP contribution in [0.15, 0.2) is 47.6 Å². The number of hydrogen-bond acceptors (Lipinski definition) is 2. The van der Waals surface area contributed by atoms with Crippen molar-refractivity contribution in [3.8, 4) is 0 Å². The molecule has 0 bridgehead atoms. The molecule has 0 atom stereocenters. The maximum Gasteiger partial charge on any atom is 0.190 e. The first-order chi connectivity index (χ1) is 11.2. The van der Waals surface area contributed by atoms with Gasteiger partial charge in [0.05, 0.1) is 0 Å². The third-order valence-corrected chi connectivity index (χ3v) is 3.69. The first kappa shape index (κ1) is 17.6. The van der Waals surface area contributed by atoms with Gasteiger partial charge in [0.1, 0.15) is 0 Å². The SMILES string of the molecule is CN=C(NCCc1cc(Cl)cc(Cl)c1)NCCc1ccccn1. The van der Waals surface area contributed by atoms with Crippen LogP contribution in [0.1, 0.15) is 11.3 Å². The number of rotatable bonds is 6. The van der Waals surface area contributed by atoms with Crippen LogP contribution in [0.2, 0.25) is 10.0 Å². The number of nitrogens with one attached hydrogen (secondary N) is 2. The van der Waals surface area contributed by atoms with Crippen molar-refractivity contribution in [3.63, 3.8) is 0 Å². The average molecular weight is 351 g/mol. The van der Waals surface area contributed by atoms with Crippen molar-refractivity contribution < 1.29 is 0 Å².